The van der Waals surface area contributed by atoms with E-state index in [0.29, 0.717) is 0 Å². The third-order valence-corrected chi connectivity index (χ3v) is 1.20. The van der Waals surface area contributed by atoms with E-state index in [1.54, 1.807) is 0 Å². The zero-order valence-electron chi connectivity index (χ0n) is 7.07. The number of hydrogen-bond donors (Lipinski definition) is 2. The van der Waals surface area contributed by atoms with Crippen LogP contribution in [-0.2, 0) is 4.79 Å². The van der Waals surface area contributed by atoms with Crippen molar-refractivity contribution in [3.8, 4) is 0 Å². The largest absolute Gasteiger partial charge is 0.510 e. The first-order valence-electron chi connectivity index (χ1n) is 3.54. The van der Waals surface area contributed by atoms with Crippen LogP contribution in [0.5, 0.6) is 0 Å². The van der Waals surface area contributed by atoms with Crippen LogP contribution in [0.15, 0.2) is 16.6 Å². The van der Waals surface area contributed by atoms with Crippen LogP contribution in [-0.4, -0.2) is 11.0 Å². The van der Waals surface area contributed by atoms with E-state index in [9.17, 15) is 9.70 Å². The number of nitrogens with zero attached hydrogens (tertiary/aromatic N) is 1. The van der Waals surface area contributed by atoms with Crippen molar-refractivity contribution in [2.45, 2.75) is 20.3 Å². The van der Waals surface area contributed by atoms with Gasteiger partial charge in [0.1, 0.15) is 5.76 Å². The molecule has 0 spiro atoms. The van der Waals surface area contributed by atoms with E-state index >= 15 is 0 Å². The molecule has 5 nitrogen and oxygen atoms in total. The lowest BCUT2D eigenvalue weighted by molar-refractivity contribution is -0.114. The summed E-state index contributed by atoms with van der Waals surface area (Å²) in [5.74, 6) is -1.20. The van der Waals surface area contributed by atoms with Crippen molar-refractivity contribution in [2.24, 2.45) is 16.8 Å². The van der Waals surface area contributed by atoms with Crippen molar-refractivity contribution in [1.82, 2.24) is 0 Å². The van der Waals surface area contributed by atoms with E-state index < -0.39 is 11.6 Å². The normalized spacial score (nSPS) is 12.6. The summed E-state index contributed by atoms with van der Waals surface area (Å²) in [5.41, 5.74) is 4.19. The monoisotopic (exact) mass is 172 g/mol. The highest BCUT2D eigenvalue weighted by Crippen LogP contribution is 2.12. The Morgan fingerprint density at radius 2 is 2.08 bits per heavy atom. The Morgan fingerprint density at radius 1 is 1.58 bits per heavy atom. The Hall–Kier alpha value is -1.39. The van der Waals surface area contributed by atoms with Gasteiger partial charge in [0, 0.05) is 6.42 Å². The summed E-state index contributed by atoms with van der Waals surface area (Å²) in [6.07, 6.45) is 0.226. The number of rotatable bonds is 4. The van der Waals surface area contributed by atoms with Crippen LogP contribution < -0.4 is 5.73 Å². The van der Waals surface area contributed by atoms with Crippen LogP contribution in [0.2, 0.25) is 0 Å². The SMILES string of the molecule is CC(C)CC(O)=C(N=O)C(N)=O. The number of primary amides is 1. The van der Waals surface area contributed by atoms with Crippen LogP contribution in [0.4, 0.5) is 0 Å². The van der Waals surface area contributed by atoms with Crippen LogP contribution in [0.25, 0.3) is 0 Å². The number of aliphatic hydroxyl groups is 1. The first-order chi connectivity index (χ1) is 5.49. The molecule has 0 aliphatic carbocycles. The summed E-state index contributed by atoms with van der Waals surface area (Å²) in [4.78, 5) is 20.5. The topological polar surface area (TPSA) is 92.8 Å². The molecule has 68 valence electrons. The Balaban J connectivity index is 4.60. The maximum atomic E-state index is 10.5. The van der Waals surface area contributed by atoms with Crippen molar-refractivity contribution in [2.75, 3.05) is 0 Å². The number of amides is 1. The van der Waals surface area contributed by atoms with Crippen LogP contribution >= 0.6 is 0 Å². The molecule has 0 aliphatic heterocycles. The van der Waals surface area contributed by atoms with Gasteiger partial charge in [0.05, 0.1) is 0 Å². The molecule has 0 saturated heterocycles. The highest BCUT2D eigenvalue weighted by atomic mass is 16.3. The lowest BCUT2D eigenvalue weighted by Crippen LogP contribution is -2.15. The molecule has 0 unspecified atom stereocenters. The van der Waals surface area contributed by atoms with E-state index in [1.165, 1.54) is 0 Å². The summed E-state index contributed by atoms with van der Waals surface area (Å²) < 4.78 is 0. The molecule has 0 radical (unpaired) electrons. The number of allylic oxidation sites excluding steroid dienone is 1. The first-order valence-corrected chi connectivity index (χ1v) is 3.54. The minimum absolute atomic E-state index is 0.140. The fourth-order valence-corrected chi connectivity index (χ4v) is 0.723. The fourth-order valence-electron chi connectivity index (χ4n) is 0.723. The molecule has 0 saturated carbocycles. The van der Waals surface area contributed by atoms with E-state index in [2.05, 4.69) is 5.18 Å². The standard InChI is InChI=1S/C7H12N2O3/c1-4(2)3-5(10)6(9-12)7(8)11/h4,10H,3H2,1-2H3,(H2,8,11). The number of carbonyl (C=O) groups excluding carboxylic acids is 1. The molecule has 12 heavy (non-hydrogen) atoms. The minimum atomic E-state index is -0.997. The second-order valence-electron chi connectivity index (χ2n) is 2.85. The molecule has 0 rings (SSSR count). The Kier molecular flexibility index (Phi) is 3.96. The molecule has 0 atom stereocenters. The summed E-state index contributed by atoms with van der Waals surface area (Å²) >= 11 is 0. The van der Waals surface area contributed by atoms with Gasteiger partial charge in [-0.2, -0.15) is 0 Å². The predicted octanol–water partition coefficient (Wildman–Crippen LogP) is 1.05. The highest BCUT2D eigenvalue weighted by molar-refractivity contribution is 5.91. The van der Waals surface area contributed by atoms with Gasteiger partial charge in [-0.15, -0.1) is 4.91 Å². The Labute approximate surface area is 70.2 Å². The van der Waals surface area contributed by atoms with Crippen molar-refractivity contribution < 1.29 is 9.90 Å². The number of aliphatic hydroxyl groups excluding tert-OH is 1. The molecule has 0 heterocycles. The summed E-state index contributed by atoms with van der Waals surface area (Å²) in [5, 5.41) is 11.5. The van der Waals surface area contributed by atoms with Gasteiger partial charge >= 0.3 is 0 Å². The summed E-state index contributed by atoms with van der Waals surface area (Å²) in [6.45, 7) is 3.67. The Bertz CT molecular complexity index is 221. The van der Waals surface area contributed by atoms with Gasteiger partial charge in [0.2, 0.25) is 5.70 Å². The van der Waals surface area contributed by atoms with Crippen molar-refractivity contribution >= 4 is 5.91 Å². The maximum absolute atomic E-state index is 10.5. The highest BCUT2D eigenvalue weighted by Gasteiger charge is 2.13. The molecule has 0 fully saturated rings. The van der Waals surface area contributed by atoms with Gasteiger partial charge in [0.25, 0.3) is 5.91 Å². The van der Waals surface area contributed by atoms with E-state index in [0.717, 1.165) is 0 Å². The smallest absolute Gasteiger partial charge is 0.274 e. The second kappa shape index (κ2) is 4.48. The van der Waals surface area contributed by atoms with E-state index in [-0.39, 0.29) is 18.1 Å². The average molecular weight is 172 g/mol. The third-order valence-electron chi connectivity index (χ3n) is 1.20. The van der Waals surface area contributed by atoms with Gasteiger partial charge in [-0.3, -0.25) is 4.79 Å². The minimum Gasteiger partial charge on any atom is -0.510 e. The number of carbonyl (C=O) groups is 1. The molecule has 3 N–H and O–H groups in total. The zero-order chi connectivity index (χ0) is 9.72. The first kappa shape index (κ1) is 10.6. The lowest BCUT2D eigenvalue weighted by atomic mass is 10.1. The molecule has 5 heteroatoms. The number of nitrogens with two attached hydrogens (primary N) is 1. The van der Waals surface area contributed by atoms with Gasteiger partial charge < -0.3 is 10.8 Å². The molecule has 0 bridgehead atoms. The number of nitroso groups, excluding NO2 is 1. The fraction of sp³-hybridized carbons (Fsp3) is 0.571. The van der Waals surface area contributed by atoms with Crippen LogP contribution in [0, 0.1) is 10.8 Å². The van der Waals surface area contributed by atoms with E-state index in [4.69, 9.17) is 10.8 Å². The van der Waals surface area contributed by atoms with Crippen molar-refractivity contribution in [1.29, 1.82) is 0 Å². The van der Waals surface area contributed by atoms with E-state index in [1.807, 2.05) is 13.8 Å². The van der Waals surface area contributed by atoms with Crippen LogP contribution in [0.1, 0.15) is 20.3 Å². The maximum Gasteiger partial charge on any atom is 0.274 e. The van der Waals surface area contributed by atoms with Gasteiger partial charge in [-0.1, -0.05) is 13.8 Å². The molecule has 0 aliphatic rings. The molecular formula is C7H12N2O3. The zero-order valence-corrected chi connectivity index (χ0v) is 7.07. The predicted molar refractivity (Wildman–Crippen MR) is 44.1 cm³/mol. The van der Waals surface area contributed by atoms with Crippen LogP contribution in [0.3, 0.4) is 0 Å². The molecule has 0 aromatic heterocycles. The number of hydrogen-bond acceptors (Lipinski definition) is 4. The van der Waals surface area contributed by atoms with Gasteiger partial charge in [0.15, 0.2) is 0 Å². The van der Waals surface area contributed by atoms with Gasteiger partial charge in [-0.25, -0.2) is 0 Å². The van der Waals surface area contributed by atoms with Crippen molar-refractivity contribution in [3.63, 3.8) is 0 Å². The third kappa shape index (κ3) is 3.14. The molecule has 0 aromatic rings. The molecule has 0 aromatic carbocycles. The lowest BCUT2D eigenvalue weighted by Gasteiger charge is -2.03. The summed E-state index contributed by atoms with van der Waals surface area (Å²) in [6, 6.07) is 0. The Morgan fingerprint density at radius 3 is 2.33 bits per heavy atom. The van der Waals surface area contributed by atoms with Gasteiger partial charge in [-0.05, 0) is 11.1 Å². The average Bonchev–Trinajstić information content (AvgIpc) is 1.85. The molecular weight excluding hydrogens is 160 g/mol. The van der Waals surface area contributed by atoms with Crippen molar-refractivity contribution in [3.05, 3.63) is 16.4 Å². The second-order valence-corrected chi connectivity index (χ2v) is 2.85. The molecule has 1 amide bonds. The summed E-state index contributed by atoms with van der Waals surface area (Å²) in [7, 11) is 0. The quantitative estimate of drug-likeness (QED) is 0.377.